The number of amides is 2. The highest BCUT2D eigenvalue weighted by atomic mass is 16.5. The van der Waals surface area contributed by atoms with Gasteiger partial charge in [0.1, 0.15) is 5.54 Å². The number of ether oxygens (including phenoxy) is 1. The number of imide groups is 1. The third-order valence-corrected chi connectivity index (χ3v) is 4.68. The Labute approximate surface area is 117 Å². The van der Waals surface area contributed by atoms with Crippen molar-refractivity contribution in [3.05, 3.63) is 0 Å². The van der Waals surface area contributed by atoms with E-state index in [-0.39, 0.29) is 42.1 Å². The molecule has 0 aromatic rings. The fraction of sp³-hybridized carbons (Fsp3) is 0.786. The molecular weight excluding hydrogens is 260 g/mol. The van der Waals surface area contributed by atoms with Crippen LogP contribution in [0.5, 0.6) is 0 Å². The average molecular weight is 280 g/mol. The maximum atomic E-state index is 12.3. The van der Waals surface area contributed by atoms with Crippen molar-refractivity contribution in [3.8, 4) is 0 Å². The number of likely N-dealkylation sites (N-methyl/N-ethyl adjacent to an activating group) is 1. The Morgan fingerprint density at radius 2 is 1.95 bits per heavy atom. The summed E-state index contributed by atoms with van der Waals surface area (Å²) >= 11 is 0. The third kappa shape index (κ3) is 1.85. The lowest BCUT2D eigenvalue weighted by atomic mass is 9.92. The maximum Gasteiger partial charge on any atom is 0.328 e. The molecule has 0 spiro atoms. The Morgan fingerprint density at radius 1 is 1.35 bits per heavy atom. The van der Waals surface area contributed by atoms with Gasteiger partial charge in [0.05, 0.1) is 25.5 Å². The van der Waals surface area contributed by atoms with Crippen LogP contribution in [0.2, 0.25) is 0 Å². The molecule has 6 nitrogen and oxygen atoms in total. The summed E-state index contributed by atoms with van der Waals surface area (Å²) in [5.41, 5.74) is -0.925. The molecule has 3 unspecified atom stereocenters. The molecule has 1 heterocycles. The van der Waals surface area contributed by atoms with Crippen molar-refractivity contribution in [2.24, 2.45) is 17.8 Å². The summed E-state index contributed by atoms with van der Waals surface area (Å²) in [6.07, 6.45) is 2.53. The Kier molecular flexibility index (Phi) is 3.08. The van der Waals surface area contributed by atoms with Crippen LogP contribution in [0.25, 0.3) is 0 Å². The topological polar surface area (TPSA) is 75.7 Å². The predicted octanol–water partition coefficient (Wildman–Crippen LogP) is -0.0774. The highest BCUT2D eigenvalue weighted by molar-refractivity contribution is 6.09. The SMILES string of the molecule is CCNC(CN1C(=O)C2CC2C1=O)(C(=O)OC)C1CC1. The van der Waals surface area contributed by atoms with E-state index in [9.17, 15) is 14.4 Å². The van der Waals surface area contributed by atoms with Gasteiger partial charge in [0.15, 0.2) is 0 Å². The molecule has 0 radical (unpaired) electrons. The van der Waals surface area contributed by atoms with Crippen molar-refractivity contribution in [3.63, 3.8) is 0 Å². The van der Waals surface area contributed by atoms with Gasteiger partial charge in [-0.1, -0.05) is 6.92 Å². The van der Waals surface area contributed by atoms with Gasteiger partial charge in [0.2, 0.25) is 11.8 Å². The van der Waals surface area contributed by atoms with Gasteiger partial charge in [-0.3, -0.25) is 14.5 Å². The lowest BCUT2D eigenvalue weighted by molar-refractivity contribution is -0.153. The molecule has 1 saturated heterocycles. The van der Waals surface area contributed by atoms with Gasteiger partial charge < -0.3 is 10.1 Å². The van der Waals surface area contributed by atoms with Crippen molar-refractivity contribution in [1.29, 1.82) is 0 Å². The van der Waals surface area contributed by atoms with Crippen molar-refractivity contribution in [1.82, 2.24) is 10.2 Å². The highest BCUT2D eigenvalue weighted by Gasteiger charge is 2.62. The van der Waals surface area contributed by atoms with E-state index in [1.165, 1.54) is 12.0 Å². The highest BCUT2D eigenvalue weighted by Crippen LogP contribution is 2.49. The molecule has 3 fully saturated rings. The number of carbonyl (C=O) groups excluding carboxylic acids is 3. The van der Waals surface area contributed by atoms with Crippen LogP contribution in [-0.2, 0) is 19.1 Å². The van der Waals surface area contributed by atoms with E-state index >= 15 is 0 Å². The van der Waals surface area contributed by atoms with E-state index in [4.69, 9.17) is 4.74 Å². The van der Waals surface area contributed by atoms with E-state index in [0.29, 0.717) is 13.0 Å². The number of hydrogen-bond donors (Lipinski definition) is 1. The van der Waals surface area contributed by atoms with Crippen LogP contribution < -0.4 is 5.32 Å². The number of methoxy groups -OCH3 is 1. The summed E-state index contributed by atoms with van der Waals surface area (Å²) in [5, 5.41) is 3.19. The first-order valence-electron chi connectivity index (χ1n) is 7.23. The molecule has 3 rings (SSSR count). The van der Waals surface area contributed by atoms with Gasteiger partial charge >= 0.3 is 5.97 Å². The first kappa shape index (κ1) is 13.5. The second-order valence-corrected chi connectivity index (χ2v) is 5.98. The van der Waals surface area contributed by atoms with Gasteiger partial charge in [-0.15, -0.1) is 0 Å². The summed E-state index contributed by atoms with van der Waals surface area (Å²) in [5.74, 6) is -0.716. The van der Waals surface area contributed by atoms with Crippen LogP contribution in [0.1, 0.15) is 26.2 Å². The summed E-state index contributed by atoms with van der Waals surface area (Å²) < 4.78 is 4.94. The van der Waals surface area contributed by atoms with Gasteiger partial charge in [-0.05, 0) is 31.7 Å². The van der Waals surface area contributed by atoms with E-state index in [2.05, 4.69) is 5.32 Å². The number of piperidine rings is 1. The zero-order valence-electron chi connectivity index (χ0n) is 11.8. The molecule has 1 N–H and O–H groups in total. The van der Waals surface area contributed by atoms with Crippen molar-refractivity contribution >= 4 is 17.8 Å². The molecule has 2 saturated carbocycles. The minimum Gasteiger partial charge on any atom is -0.468 e. The third-order valence-electron chi connectivity index (χ3n) is 4.68. The Balaban J connectivity index is 1.84. The van der Waals surface area contributed by atoms with E-state index in [1.54, 1.807) is 0 Å². The number of esters is 1. The maximum absolute atomic E-state index is 12.3. The Hall–Kier alpha value is -1.43. The quantitative estimate of drug-likeness (QED) is 0.544. The molecule has 110 valence electrons. The van der Waals surface area contributed by atoms with E-state index in [0.717, 1.165) is 12.8 Å². The molecule has 0 aromatic heterocycles. The lowest BCUT2D eigenvalue weighted by Gasteiger charge is -2.35. The molecular formula is C14H20N2O4. The zero-order valence-corrected chi connectivity index (χ0v) is 11.8. The van der Waals surface area contributed by atoms with Gasteiger partial charge in [0, 0.05) is 0 Å². The van der Waals surface area contributed by atoms with Crippen LogP contribution in [0.15, 0.2) is 0 Å². The second-order valence-electron chi connectivity index (χ2n) is 5.98. The number of hydrogen-bond acceptors (Lipinski definition) is 5. The summed E-state index contributed by atoms with van der Waals surface area (Å²) in [7, 11) is 1.35. The Morgan fingerprint density at radius 3 is 2.40 bits per heavy atom. The van der Waals surface area contributed by atoms with E-state index < -0.39 is 5.54 Å². The molecule has 3 aliphatic rings. The summed E-state index contributed by atoms with van der Waals surface area (Å²) in [6, 6.07) is 0. The zero-order chi connectivity index (χ0) is 14.5. The fourth-order valence-corrected chi connectivity index (χ4v) is 3.36. The van der Waals surface area contributed by atoms with Gasteiger partial charge in [-0.25, -0.2) is 4.79 Å². The van der Waals surface area contributed by atoms with Crippen molar-refractivity contribution < 1.29 is 19.1 Å². The molecule has 20 heavy (non-hydrogen) atoms. The number of likely N-dealkylation sites (tertiary alicyclic amines) is 1. The minimum atomic E-state index is -0.925. The molecule has 2 amide bonds. The molecule has 6 heteroatoms. The van der Waals surface area contributed by atoms with Crippen LogP contribution in [0.3, 0.4) is 0 Å². The summed E-state index contributed by atoms with van der Waals surface area (Å²) in [4.78, 5) is 37.8. The number of carbonyl (C=O) groups is 3. The first-order chi connectivity index (χ1) is 9.55. The number of rotatable bonds is 6. The standard InChI is InChI=1S/C14H20N2O4/c1-3-15-14(8-4-5-8,13(19)20-2)7-16-11(17)9-6-10(9)12(16)18/h8-10,15H,3-7H2,1-2H3. The van der Waals surface area contributed by atoms with Crippen LogP contribution in [0.4, 0.5) is 0 Å². The molecule has 1 aliphatic heterocycles. The number of nitrogens with one attached hydrogen (secondary N) is 1. The first-order valence-corrected chi connectivity index (χ1v) is 7.23. The van der Waals surface area contributed by atoms with Crippen LogP contribution in [0, 0.1) is 17.8 Å². The van der Waals surface area contributed by atoms with Crippen molar-refractivity contribution in [2.45, 2.75) is 31.7 Å². The fourth-order valence-electron chi connectivity index (χ4n) is 3.36. The minimum absolute atomic E-state index is 0.114. The second kappa shape index (κ2) is 4.55. The monoisotopic (exact) mass is 280 g/mol. The van der Waals surface area contributed by atoms with E-state index in [1.807, 2.05) is 6.92 Å². The van der Waals surface area contributed by atoms with Gasteiger partial charge in [0.25, 0.3) is 0 Å². The normalized spacial score (nSPS) is 31.0. The molecule has 2 aliphatic carbocycles. The number of fused-ring (bicyclic) bond motifs is 1. The van der Waals surface area contributed by atoms with Crippen LogP contribution >= 0.6 is 0 Å². The average Bonchev–Trinajstić information content (AvgIpc) is 3.31. The van der Waals surface area contributed by atoms with Gasteiger partial charge in [-0.2, -0.15) is 0 Å². The van der Waals surface area contributed by atoms with Crippen LogP contribution in [-0.4, -0.2) is 48.4 Å². The summed E-state index contributed by atoms with van der Waals surface area (Å²) in [6.45, 7) is 2.61. The smallest absolute Gasteiger partial charge is 0.328 e. The molecule has 3 atom stereocenters. The van der Waals surface area contributed by atoms with Crippen molar-refractivity contribution in [2.75, 3.05) is 20.2 Å². The lowest BCUT2D eigenvalue weighted by Crippen LogP contribution is -2.62. The largest absolute Gasteiger partial charge is 0.468 e. The Bertz CT molecular complexity index is 454. The molecule has 0 aromatic carbocycles. The number of nitrogens with zero attached hydrogens (tertiary/aromatic N) is 1. The predicted molar refractivity (Wildman–Crippen MR) is 69.5 cm³/mol. The molecule has 0 bridgehead atoms.